The quantitative estimate of drug-likeness (QED) is 0.166. The molecule has 220 valence electrons. The van der Waals surface area contributed by atoms with E-state index in [1.54, 1.807) is 12.4 Å². The van der Waals surface area contributed by atoms with Crippen LogP contribution >= 0.6 is 22.9 Å². The van der Waals surface area contributed by atoms with Crippen LogP contribution in [0.5, 0.6) is 0 Å². The number of ether oxygens (including phenoxy) is 1. The van der Waals surface area contributed by atoms with Crippen LogP contribution in [0.2, 0.25) is 5.02 Å². The van der Waals surface area contributed by atoms with Crippen LogP contribution in [0, 0.1) is 26.7 Å². The Kier molecular flexibility index (Phi) is 11.1. The zero-order valence-corrected chi connectivity index (χ0v) is 26.3. The standard InChI is InChI=1S/C33H37ClN4O3S/c1-6-35-36-19-24(17-31(39)37-28-15-16-30-26(18-28)20-40-33(30)38-41-7-2)9-8-10-29(25-11-13-27(34)14-12-25)32-21(3)22(4)42-23(32)5/h6,10-16,18-19,24H,7-9,17,20H2,1-5H3,(H,37,39)/b29-10-,35-6+,36-19+,38-33-/t24-/m0/s1. The van der Waals surface area contributed by atoms with Gasteiger partial charge in [-0.3, -0.25) is 4.79 Å². The summed E-state index contributed by atoms with van der Waals surface area (Å²) >= 11 is 8.01. The third kappa shape index (κ3) is 7.95. The lowest BCUT2D eigenvalue weighted by Crippen LogP contribution is -2.17. The Morgan fingerprint density at radius 1 is 1.14 bits per heavy atom. The first kappa shape index (κ1) is 31.2. The highest BCUT2D eigenvalue weighted by Gasteiger charge is 2.21. The Bertz CT molecular complexity index is 1520. The number of nitrogens with zero attached hydrogens (tertiary/aromatic N) is 3. The maximum atomic E-state index is 13.1. The molecule has 0 saturated heterocycles. The van der Waals surface area contributed by atoms with Crippen molar-refractivity contribution in [3.63, 3.8) is 0 Å². The number of fused-ring (bicyclic) bond motifs is 1. The van der Waals surface area contributed by atoms with Crippen molar-refractivity contribution in [3.05, 3.63) is 91.1 Å². The number of anilines is 1. The van der Waals surface area contributed by atoms with Gasteiger partial charge in [0.1, 0.15) is 13.2 Å². The van der Waals surface area contributed by atoms with Gasteiger partial charge in [-0.25, -0.2) is 0 Å². The summed E-state index contributed by atoms with van der Waals surface area (Å²) in [4.78, 5) is 20.8. The minimum absolute atomic E-state index is 0.0870. The van der Waals surface area contributed by atoms with Gasteiger partial charge in [-0.2, -0.15) is 10.2 Å². The van der Waals surface area contributed by atoms with Gasteiger partial charge >= 0.3 is 0 Å². The first-order valence-electron chi connectivity index (χ1n) is 14.1. The number of benzene rings is 2. The van der Waals surface area contributed by atoms with Gasteiger partial charge in [0.05, 0.1) is 0 Å². The van der Waals surface area contributed by atoms with E-state index in [1.165, 1.54) is 26.5 Å². The normalized spacial score (nSPS) is 14.9. The van der Waals surface area contributed by atoms with Gasteiger partial charge < -0.3 is 14.9 Å². The van der Waals surface area contributed by atoms with Crippen LogP contribution < -0.4 is 5.32 Å². The number of oxime groups is 1. The summed E-state index contributed by atoms with van der Waals surface area (Å²) < 4.78 is 5.62. The maximum Gasteiger partial charge on any atom is 0.258 e. The Hall–Kier alpha value is -3.75. The second kappa shape index (κ2) is 14.9. The van der Waals surface area contributed by atoms with E-state index in [4.69, 9.17) is 21.2 Å². The van der Waals surface area contributed by atoms with Crippen molar-refractivity contribution in [2.24, 2.45) is 21.3 Å². The summed E-state index contributed by atoms with van der Waals surface area (Å²) in [5.41, 5.74) is 7.42. The van der Waals surface area contributed by atoms with Crippen LogP contribution in [-0.4, -0.2) is 30.8 Å². The number of allylic oxidation sites excluding steroid dienone is 1. The lowest BCUT2D eigenvalue weighted by atomic mass is 9.92. The van der Waals surface area contributed by atoms with Gasteiger partial charge in [-0.05, 0) is 105 Å². The molecule has 1 aliphatic rings. The Morgan fingerprint density at radius 2 is 1.93 bits per heavy atom. The van der Waals surface area contributed by atoms with Gasteiger partial charge in [-0.15, -0.1) is 11.3 Å². The molecule has 0 radical (unpaired) electrons. The highest BCUT2D eigenvalue weighted by atomic mass is 35.5. The van der Waals surface area contributed by atoms with Crippen molar-refractivity contribution in [1.29, 1.82) is 0 Å². The molecule has 1 amide bonds. The van der Waals surface area contributed by atoms with Crippen molar-refractivity contribution in [1.82, 2.24) is 0 Å². The Morgan fingerprint density at radius 3 is 2.62 bits per heavy atom. The monoisotopic (exact) mass is 604 g/mol. The summed E-state index contributed by atoms with van der Waals surface area (Å²) in [7, 11) is 0. The van der Waals surface area contributed by atoms with Crippen LogP contribution in [0.25, 0.3) is 5.57 Å². The summed E-state index contributed by atoms with van der Waals surface area (Å²) in [6, 6.07) is 13.6. The van der Waals surface area contributed by atoms with Crippen molar-refractivity contribution < 1.29 is 14.4 Å². The van der Waals surface area contributed by atoms with E-state index < -0.39 is 0 Å². The molecule has 0 bridgehead atoms. The molecule has 0 fully saturated rings. The number of carbonyl (C=O) groups is 1. The van der Waals surface area contributed by atoms with E-state index in [1.807, 2.05) is 55.5 Å². The topological polar surface area (TPSA) is 84.6 Å². The van der Waals surface area contributed by atoms with Gasteiger partial charge in [0, 0.05) is 56.4 Å². The molecular formula is C33H37ClN4O3S. The molecule has 2 heterocycles. The van der Waals surface area contributed by atoms with Gasteiger partial charge in [0.15, 0.2) is 0 Å². The third-order valence-corrected chi connectivity index (χ3v) is 8.41. The fraction of sp³-hybridized carbons (Fsp3) is 0.333. The molecule has 9 heteroatoms. The number of rotatable bonds is 12. The van der Waals surface area contributed by atoms with Gasteiger partial charge in [-0.1, -0.05) is 29.8 Å². The predicted molar refractivity (Wildman–Crippen MR) is 175 cm³/mol. The first-order valence-corrected chi connectivity index (χ1v) is 15.3. The van der Waals surface area contributed by atoms with Crippen molar-refractivity contribution >= 4 is 58.4 Å². The number of amides is 1. The van der Waals surface area contributed by atoms with E-state index in [-0.39, 0.29) is 18.2 Å². The second-order valence-electron chi connectivity index (χ2n) is 10.0. The molecule has 0 unspecified atom stereocenters. The molecule has 0 saturated carbocycles. The molecule has 4 rings (SSSR count). The second-order valence-corrected chi connectivity index (χ2v) is 11.9. The minimum Gasteiger partial charge on any atom is -0.470 e. The summed E-state index contributed by atoms with van der Waals surface area (Å²) in [5, 5.41) is 15.9. The fourth-order valence-electron chi connectivity index (χ4n) is 4.93. The zero-order valence-electron chi connectivity index (χ0n) is 24.7. The molecule has 0 aliphatic carbocycles. The number of carbonyl (C=O) groups excluding carboxylic acids is 1. The fourth-order valence-corrected chi connectivity index (χ4v) is 6.13. The van der Waals surface area contributed by atoms with Crippen LogP contribution in [0.3, 0.4) is 0 Å². The van der Waals surface area contributed by atoms with Crippen LogP contribution in [0.15, 0.2) is 63.9 Å². The molecule has 7 nitrogen and oxygen atoms in total. The smallest absolute Gasteiger partial charge is 0.258 e. The maximum absolute atomic E-state index is 13.1. The summed E-state index contributed by atoms with van der Waals surface area (Å²) in [6.07, 6.45) is 7.47. The lowest BCUT2D eigenvalue weighted by molar-refractivity contribution is -0.116. The van der Waals surface area contributed by atoms with E-state index >= 15 is 0 Å². The molecule has 42 heavy (non-hydrogen) atoms. The number of aryl methyl sites for hydroxylation is 2. The van der Waals surface area contributed by atoms with Gasteiger partial charge in [0.2, 0.25) is 5.91 Å². The van der Waals surface area contributed by atoms with Crippen LogP contribution in [0.4, 0.5) is 5.69 Å². The number of hydrogen-bond donors (Lipinski definition) is 1. The molecule has 1 atom stereocenters. The van der Waals surface area contributed by atoms with E-state index in [0.29, 0.717) is 29.8 Å². The number of halogens is 1. The zero-order chi connectivity index (χ0) is 30.1. The Balaban J connectivity index is 1.49. The predicted octanol–water partition coefficient (Wildman–Crippen LogP) is 8.49. The highest BCUT2D eigenvalue weighted by Crippen LogP contribution is 2.36. The molecule has 3 aromatic rings. The SMILES string of the molecule is C/C=N/N=C/[C@@H](CC/C=C(/c1ccc(Cl)cc1)c1c(C)sc(C)c1C)CC(=O)Nc1ccc2c(c1)CO/C2=N\OCC. The third-order valence-electron chi connectivity index (χ3n) is 7.04. The van der Waals surface area contributed by atoms with E-state index in [2.05, 4.69) is 59.7 Å². The highest BCUT2D eigenvalue weighted by molar-refractivity contribution is 7.12. The number of hydrogen-bond acceptors (Lipinski definition) is 7. The number of thiophene rings is 1. The largest absolute Gasteiger partial charge is 0.470 e. The van der Waals surface area contributed by atoms with Gasteiger partial charge in [0.25, 0.3) is 5.90 Å². The van der Waals surface area contributed by atoms with E-state index in [9.17, 15) is 4.79 Å². The summed E-state index contributed by atoms with van der Waals surface area (Å²) in [6.45, 7) is 11.1. The van der Waals surface area contributed by atoms with Crippen molar-refractivity contribution in [2.45, 2.75) is 60.5 Å². The van der Waals surface area contributed by atoms with Crippen LogP contribution in [0.1, 0.15) is 70.7 Å². The average molecular weight is 605 g/mol. The Labute approximate surface area is 257 Å². The molecule has 2 aromatic carbocycles. The first-order chi connectivity index (χ1) is 20.3. The van der Waals surface area contributed by atoms with Crippen LogP contribution in [-0.2, 0) is 21.0 Å². The molecule has 1 aliphatic heterocycles. The molecular weight excluding hydrogens is 568 g/mol. The summed E-state index contributed by atoms with van der Waals surface area (Å²) in [5.74, 6) is 0.285. The minimum atomic E-state index is -0.0921. The van der Waals surface area contributed by atoms with Crippen molar-refractivity contribution in [2.75, 3.05) is 11.9 Å². The number of nitrogens with one attached hydrogen (secondary N) is 1. The lowest BCUT2D eigenvalue weighted by Gasteiger charge is -2.14. The van der Waals surface area contributed by atoms with Crippen molar-refractivity contribution in [3.8, 4) is 0 Å². The molecule has 1 aromatic heterocycles. The average Bonchev–Trinajstić information content (AvgIpc) is 3.48. The molecule has 1 N–H and O–H groups in total. The molecule has 0 spiro atoms. The van der Waals surface area contributed by atoms with E-state index in [0.717, 1.165) is 29.5 Å².